The highest BCUT2D eigenvalue weighted by Gasteiger charge is 2.46. The van der Waals surface area contributed by atoms with E-state index in [0.29, 0.717) is 10.9 Å². The molecule has 0 aliphatic carbocycles. The Kier molecular flexibility index (Phi) is 6.34. The average Bonchev–Trinajstić information content (AvgIpc) is 2.95. The van der Waals surface area contributed by atoms with Crippen LogP contribution in [0, 0.1) is 0 Å². The van der Waals surface area contributed by atoms with Crippen molar-refractivity contribution < 1.29 is 27.8 Å². The molecule has 0 amide bonds. The van der Waals surface area contributed by atoms with Gasteiger partial charge in [-0.1, -0.05) is 34.7 Å². The van der Waals surface area contributed by atoms with Crippen LogP contribution in [0.4, 0.5) is 13.2 Å². The summed E-state index contributed by atoms with van der Waals surface area (Å²) >= 11 is 2.15. The number of halogens is 4. The quantitative estimate of drug-likeness (QED) is 0.380. The molecule has 6 nitrogen and oxygen atoms in total. The number of nitrogens with zero attached hydrogens (tertiary/aromatic N) is 2. The topological polar surface area (TPSA) is 65.6 Å². The Labute approximate surface area is 190 Å². The van der Waals surface area contributed by atoms with Gasteiger partial charge >= 0.3 is 6.36 Å². The monoisotopic (exact) mass is 550 g/mol. The second-order valence-electron chi connectivity index (χ2n) is 7.53. The zero-order valence-corrected chi connectivity index (χ0v) is 19.4. The van der Waals surface area contributed by atoms with Crippen LogP contribution in [0.15, 0.2) is 47.3 Å². The van der Waals surface area contributed by atoms with Crippen molar-refractivity contribution in [3.05, 3.63) is 58.4 Å². The van der Waals surface area contributed by atoms with Crippen molar-refractivity contribution >= 4 is 33.5 Å². The number of aromatic nitrogens is 2. The lowest BCUT2D eigenvalue weighted by atomic mass is 9.86. The number of para-hydroxylation sites is 1. The third kappa shape index (κ3) is 4.27. The minimum absolute atomic E-state index is 0.228. The van der Waals surface area contributed by atoms with E-state index in [2.05, 4.69) is 27.3 Å². The maximum atomic E-state index is 13.1. The predicted molar refractivity (Wildman–Crippen MR) is 119 cm³/mol. The Hall–Kier alpha value is -2.21. The van der Waals surface area contributed by atoms with Gasteiger partial charge in [-0.15, -0.1) is 13.2 Å². The van der Waals surface area contributed by atoms with Gasteiger partial charge in [0.2, 0.25) is 0 Å². The number of fused-ring (bicyclic) bond motifs is 2. The zero-order chi connectivity index (χ0) is 23.1. The van der Waals surface area contributed by atoms with Gasteiger partial charge in [0, 0.05) is 12.6 Å². The van der Waals surface area contributed by atoms with Crippen molar-refractivity contribution in [3.8, 4) is 11.5 Å². The molecule has 0 unspecified atom stereocenters. The minimum atomic E-state index is -4.87. The summed E-state index contributed by atoms with van der Waals surface area (Å²) in [5.41, 5.74) is -0.581. The van der Waals surface area contributed by atoms with E-state index in [4.69, 9.17) is 4.74 Å². The van der Waals surface area contributed by atoms with Gasteiger partial charge in [0.15, 0.2) is 0 Å². The van der Waals surface area contributed by atoms with Crippen molar-refractivity contribution in [3.63, 3.8) is 0 Å². The molecule has 2 heterocycles. The molecular formula is C21H22F3IN2O4. The van der Waals surface area contributed by atoms with Gasteiger partial charge in [0.05, 0.1) is 10.9 Å². The first-order chi connectivity index (χ1) is 14.5. The normalized spacial score (nSPS) is 19.8. The highest BCUT2D eigenvalue weighted by Crippen LogP contribution is 2.43. The number of rotatable bonds is 2. The van der Waals surface area contributed by atoms with Crippen LogP contribution in [-0.4, -0.2) is 37.5 Å². The molecule has 4 rings (SSSR count). The maximum Gasteiger partial charge on any atom is 0.573 e. The van der Waals surface area contributed by atoms with Gasteiger partial charge in [0.25, 0.3) is 5.56 Å². The number of benzene rings is 2. The first-order valence-corrected chi connectivity index (χ1v) is 11.5. The molecule has 0 spiro atoms. The molecule has 1 aromatic heterocycles. The fourth-order valence-corrected chi connectivity index (χ4v) is 3.83. The number of hydrogen-bond donors (Lipinski definition) is 1. The summed E-state index contributed by atoms with van der Waals surface area (Å²) in [6.07, 6.45) is -6.08. The second kappa shape index (κ2) is 8.38. The summed E-state index contributed by atoms with van der Waals surface area (Å²) in [6, 6.07) is 9.59. The number of alkyl halides is 4. The van der Waals surface area contributed by atoms with Crippen LogP contribution in [0.25, 0.3) is 10.9 Å². The summed E-state index contributed by atoms with van der Waals surface area (Å²) < 4.78 is 50.9. The van der Waals surface area contributed by atoms with E-state index >= 15 is 0 Å². The highest BCUT2D eigenvalue weighted by molar-refractivity contribution is 14.1. The maximum absolute atomic E-state index is 13.1. The summed E-state index contributed by atoms with van der Waals surface area (Å²) in [6.45, 7) is 3.31. The van der Waals surface area contributed by atoms with E-state index in [0.717, 1.165) is 12.1 Å². The molecule has 2 aromatic carbocycles. The second-order valence-corrected chi connectivity index (χ2v) is 7.53. The highest BCUT2D eigenvalue weighted by atomic mass is 127. The Morgan fingerprint density at radius 1 is 1.16 bits per heavy atom. The molecule has 3 aromatic rings. The summed E-state index contributed by atoms with van der Waals surface area (Å²) in [5, 5.41) is 11.5. The van der Waals surface area contributed by atoms with E-state index in [9.17, 15) is 23.1 Å². The molecule has 10 heteroatoms. The molecule has 1 aliphatic heterocycles. The Bertz CT molecular complexity index is 1150. The molecule has 0 radical (unpaired) electrons. The van der Waals surface area contributed by atoms with Gasteiger partial charge in [-0.3, -0.25) is 9.48 Å². The van der Waals surface area contributed by atoms with Gasteiger partial charge in [-0.05, 0) is 49.1 Å². The first kappa shape index (κ1) is 23.5. The fourth-order valence-electron chi connectivity index (χ4n) is 3.83. The molecule has 0 saturated heterocycles. The van der Waals surface area contributed by atoms with E-state index in [1.54, 1.807) is 49.8 Å². The van der Waals surface area contributed by atoms with Crippen LogP contribution in [0.3, 0.4) is 0 Å². The van der Waals surface area contributed by atoms with Crippen molar-refractivity contribution in [1.29, 1.82) is 0 Å². The third-order valence-electron chi connectivity index (χ3n) is 5.20. The standard InChI is InChI=1S/C20H19F3N2O4.CH3I/c1-19(2)17(26)16(25-18(27)12-6-4-5-7-14(12)24(25)3)13-10-11(28-20(21,22)23)8-9-15(13)29-19;1-2/h4-10,16-17,26H,1-3H3;1H3/t16-,17+;/m1./s1. The lowest BCUT2D eigenvalue weighted by molar-refractivity contribution is -0.274. The van der Waals surface area contributed by atoms with Crippen molar-refractivity contribution in [2.75, 3.05) is 4.93 Å². The van der Waals surface area contributed by atoms with Crippen LogP contribution in [0.1, 0.15) is 25.5 Å². The minimum Gasteiger partial charge on any atom is -0.485 e. The van der Waals surface area contributed by atoms with Crippen LogP contribution in [0.2, 0.25) is 0 Å². The number of aliphatic hydroxyl groups is 1. The van der Waals surface area contributed by atoms with Crippen molar-refractivity contribution in [1.82, 2.24) is 9.36 Å². The largest absolute Gasteiger partial charge is 0.573 e. The molecule has 168 valence electrons. The van der Waals surface area contributed by atoms with Gasteiger partial charge in [-0.2, -0.15) is 0 Å². The molecule has 1 aliphatic rings. The smallest absolute Gasteiger partial charge is 0.485 e. The average molecular weight is 550 g/mol. The lowest BCUT2D eigenvalue weighted by Crippen LogP contribution is -2.52. The Morgan fingerprint density at radius 2 is 1.81 bits per heavy atom. The Balaban J connectivity index is 0.00000132. The fraction of sp³-hybridized carbons (Fsp3) is 0.381. The number of aryl methyl sites for hydroxylation is 1. The zero-order valence-electron chi connectivity index (χ0n) is 17.3. The van der Waals surface area contributed by atoms with Crippen LogP contribution in [0.5, 0.6) is 11.5 Å². The first-order valence-electron chi connectivity index (χ1n) is 9.30. The number of aliphatic hydroxyl groups excluding tert-OH is 1. The summed E-state index contributed by atoms with van der Waals surface area (Å²) in [7, 11) is 1.66. The van der Waals surface area contributed by atoms with Gasteiger partial charge in [-0.25, -0.2) is 4.68 Å². The molecule has 31 heavy (non-hydrogen) atoms. The molecule has 0 saturated carbocycles. The van der Waals surface area contributed by atoms with E-state index < -0.39 is 29.9 Å². The van der Waals surface area contributed by atoms with E-state index in [-0.39, 0.29) is 16.9 Å². The van der Waals surface area contributed by atoms with Crippen LogP contribution < -0.4 is 15.0 Å². The predicted octanol–water partition coefficient (Wildman–Crippen LogP) is 4.41. The van der Waals surface area contributed by atoms with Crippen LogP contribution >= 0.6 is 22.6 Å². The third-order valence-corrected chi connectivity index (χ3v) is 5.20. The molecule has 0 fully saturated rings. The Morgan fingerprint density at radius 3 is 2.42 bits per heavy atom. The van der Waals surface area contributed by atoms with Crippen LogP contribution in [-0.2, 0) is 7.05 Å². The SMILES string of the molecule is CI.Cn1c2ccccc2c(=O)n1[C@@H]1c2cc(OC(F)(F)F)ccc2OC(C)(C)[C@H]1O. The van der Waals surface area contributed by atoms with Crippen molar-refractivity contribution in [2.45, 2.75) is 38.0 Å². The lowest BCUT2D eigenvalue weighted by Gasteiger charge is -2.42. The van der Waals surface area contributed by atoms with Crippen molar-refractivity contribution in [2.24, 2.45) is 7.05 Å². The molecule has 2 atom stereocenters. The number of ether oxygens (including phenoxy) is 2. The molecule has 1 N–H and O–H groups in total. The van der Waals surface area contributed by atoms with E-state index in [1.807, 2.05) is 4.93 Å². The summed E-state index contributed by atoms with van der Waals surface area (Å²) in [4.78, 5) is 15.1. The van der Waals surface area contributed by atoms with Gasteiger partial charge in [0.1, 0.15) is 29.2 Å². The molecular weight excluding hydrogens is 528 g/mol. The van der Waals surface area contributed by atoms with E-state index in [1.165, 1.54) is 10.7 Å². The summed E-state index contributed by atoms with van der Waals surface area (Å²) in [5.74, 6) is -0.180. The van der Waals surface area contributed by atoms with Gasteiger partial charge < -0.3 is 14.6 Å². The molecule has 0 bridgehead atoms. The number of hydrogen-bond acceptors (Lipinski definition) is 4.